The number of hydrogen-bond donors (Lipinski definition) is 1. The Labute approximate surface area is 122 Å². The van der Waals surface area contributed by atoms with Crippen LogP contribution in [0.2, 0.25) is 0 Å². The molecule has 0 saturated heterocycles. The van der Waals surface area contributed by atoms with Crippen molar-refractivity contribution in [2.45, 2.75) is 25.7 Å². The zero-order chi connectivity index (χ0) is 13.4. The summed E-state index contributed by atoms with van der Waals surface area (Å²) in [5, 5.41) is 2.92. The van der Waals surface area contributed by atoms with E-state index < -0.39 is 0 Å². The molecule has 100 valence electrons. The minimum atomic E-state index is 0.0256. The lowest BCUT2D eigenvalue weighted by Crippen LogP contribution is -2.26. The number of carbonyl (C=O) groups excluding carboxylic acids is 1. The summed E-state index contributed by atoms with van der Waals surface area (Å²) in [5.74, 6) is 0.384. The van der Waals surface area contributed by atoms with Gasteiger partial charge in [0, 0.05) is 36.7 Å². The van der Waals surface area contributed by atoms with E-state index in [9.17, 15) is 4.79 Å². The molecule has 0 aliphatic heterocycles. The smallest absolute Gasteiger partial charge is 0.216 e. The molecule has 0 saturated carbocycles. The van der Waals surface area contributed by atoms with Crippen molar-refractivity contribution in [3.8, 4) is 0 Å². The number of benzene rings is 1. The zero-order valence-corrected chi connectivity index (χ0v) is 13.1. The minimum Gasteiger partial charge on any atom is -0.385 e. The number of hydrogen-bond acceptors (Lipinski definition) is 2. The molecule has 1 amide bonds. The van der Waals surface area contributed by atoms with Crippen molar-refractivity contribution in [2.75, 3.05) is 20.3 Å². The molecule has 0 fully saturated rings. The highest BCUT2D eigenvalue weighted by Gasteiger charge is 2.14. The Balaban J connectivity index is 2.69. The van der Waals surface area contributed by atoms with Gasteiger partial charge in [0.05, 0.1) is 0 Å². The van der Waals surface area contributed by atoms with Gasteiger partial charge in [0.1, 0.15) is 0 Å². The lowest BCUT2D eigenvalue weighted by Gasteiger charge is -2.19. The molecule has 3 nitrogen and oxygen atoms in total. The van der Waals surface area contributed by atoms with Crippen LogP contribution in [0.3, 0.4) is 0 Å². The molecule has 0 aromatic heterocycles. The summed E-state index contributed by atoms with van der Waals surface area (Å²) in [4.78, 5) is 11.1. The van der Waals surface area contributed by atoms with E-state index in [1.165, 1.54) is 9.13 Å². The van der Waals surface area contributed by atoms with Crippen LogP contribution in [-0.4, -0.2) is 26.2 Å². The van der Waals surface area contributed by atoms with Gasteiger partial charge in [0.2, 0.25) is 5.91 Å². The second-order valence-corrected chi connectivity index (χ2v) is 5.45. The molecule has 0 radical (unpaired) electrons. The molecule has 1 unspecified atom stereocenters. The summed E-state index contributed by atoms with van der Waals surface area (Å²) in [5.41, 5.74) is 1.31. The van der Waals surface area contributed by atoms with Crippen LogP contribution in [0.5, 0.6) is 0 Å². The predicted molar refractivity (Wildman–Crippen MR) is 81.7 cm³/mol. The number of nitrogens with one attached hydrogen (secondary N) is 1. The molecule has 0 bridgehead atoms. The Morgan fingerprint density at radius 1 is 1.44 bits per heavy atom. The first-order chi connectivity index (χ1) is 8.65. The van der Waals surface area contributed by atoms with Gasteiger partial charge < -0.3 is 10.1 Å². The van der Waals surface area contributed by atoms with Gasteiger partial charge in [-0.1, -0.05) is 18.2 Å². The molecule has 1 rings (SSSR count). The van der Waals surface area contributed by atoms with Crippen LogP contribution in [0.25, 0.3) is 0 Å². The molecule has 0 aliphatic carbocycles. The fourth-order valence-corrected chi connectivity index (χ4v) is 2.74. The highest BCUT2D eigenvalue weighted by Crippen LogP contribution is 2.25. The summed E-state index contributed by atoms with van der Waals surface area (Å²) in [7, 11) is 1.72. The van der Waals surface area contributed by atoms with Crippen molar-refractivity contribution < 1.29 is 9.53 Å². The lowest BCUT2D eigenvalue weighted by atomic mass is 9.94. The van der Waals surface area contributed by atoms with E-state index in [1.807, 2.05) is 6.07 Å². The zero-order valence-electron chi connectivity index (χ0n) is 10.9. The van der Waals surface area contributed by atoms with Gasteiger partial charge in [-0.2, -0.15) is 0 Å². The average Bonchev–Trinajstić information content (AvgIpc) is 2.34. The van der Waals surface area contributed by atoms with Crippen molar-refractivity contribution in [2.24, 2.45) is 0 Å². The van der Waals surface area contributed by atoms with Crippen molar-refractivity contribution in [3.63, 3.8) is 0 Å². The number of halogens is 1. The second-order valence-electron chi connectivity index (χ2n) is 4.29. The van der Waals surface area contributed by atoms with Gasteiger partial charge in [-0.3, -0.25) is 4.79 Å². The van der Waals surface area contributed by atoms with E-state index in [4.69, 9.17) is 4.74 Å². The fraction of sp³-hybridized carbons (Fsp3) is 0.500. The highest BCUT2D eigenvalue weighted by molar-refractivity contribution is 14.1. The van der Waals surface area contributed by atoms with E-state index in [2.05, 4.69) is 46.1 Å². The summed E-state index contributed by atoms with van der Waals surface area (Å²) >= 11 is 2.35. The van der Waals surface area contributed by atoms with Crippen LogP contribution in [-0.2, 0) is 9.53 Å². The van der Waals surface area contributed by atoms with Gasteiger partial charge in [0.15, 0.2) is 0 Å². The Bertz CT molecular complexity index is 382. The highest BCUT2D eigenvalue weighted by atomic mass is 127. The van der Waals surface area contributed by atoms with Crippen LogP contribution in [0.4, 0.5) is 0 Å². The third-order valence-corrected chi connectivity index (χ3v) is 3.83. The van der Waals surface area contributed by atoms with E-state index in [0.717, 1.165) is 19.4 Å². The molecule has 0 heterocycles. The monoisotopic (exact) mass is 361 g/mol. The topological polar surface area (TPSA) is 38.3 Å². The maximum atomic E-state index is 11.1. The number of amides is 1. The van der Waals surface area contributed by atoms with E-state index in [1.54, 1.807) is 14.0 Å². The molecule has 4 heteroatoms. The van der Waals surface area contributed by atoms with E-state index >= 15 is 0 Å². The van der Waals surface area contributed by atoms with Crippen molar-refractivity contribution in [1.82, 2.24) is 5.32 Å². The molecule has 1 atom stereocenters. The molecule has 1 N–H and O–H groups in total. The van der Waals surface area contributed by atoms with Crippen LogP contribution in [0.1, 0.15) is 31.2 Å². The Kier molecular flexibility index (Phi) is 7.27. The molecular weight excluding hydrogens is 341 g/mol. The maximum Gasteiger partial charge on any atom is 0.216 e. The first-order valence-electron chi connectivity index (χ1n) is 6.13. The summed E-state index contributed by atoms with van der Waals surface area (Å²) < 4.78 is 6.35. The SMILES string of the molecule is COCCCC(CNC(C)=O)c1ccccc1I. The van der Waals surface area contributed by atoms with Crippen molar-refractivity contribution in [3.05, 3.63) is 33.4 Å². The van der Waals surface area contributed by atoms with Crippen LogP contribution < -0.4 is 5.32 Å². The van der Waals surface area contributed by atoms with Crippen molar-refractivity contribution in [1.29, 1.82) is 0 Å². The Morgan fingerprint density at radius 3 is 2.78 bits per heavy atom. The number of carbonyl (C=O) groups is 1. The molecule has 18 heavy (non-hydrogen) atoms. The largest absolute Gasteiger partial charge is 0.385 e. The lowest BCUT2D eigenvalue weighted by molar-refractivity contribution is -0.119. The summed E-state index contributed by atoms with van der Waals surface area (Å²) in [6.45, 7) is 3.02. The van der Waals surface area contributed by atoms with Crippen LogP contribution in [0.15, 0.2) is 24.3 Å². The second kappa shape index (κ2) is 8.48. The number of ether oxygens (including phenoxy) is 1. The predicted octanol–water partition coefficient (Wildman–Crippen LogP) is 2.94. The average molecular weight is 361 g/mol. The standard InChI is InChI=1S/C14H20INO2/c1-11(17)16-10-12(6-5-9-18-2)13-7-3-4-8-14(13)15/h3-4,7-8,12H,5-6,9-10H2,1-2H3,(H,16,17). The van der Waals surface area contributed by atoms with Gasteiger partial charge in [-0.05, 0) is 47.1 Å². The van der Waals surface area contributed by atoms with E-state index in [-0.39, 0.29) is 5.91 Å². The van der Waals surface area contributed by atoms with Gasteiger partial charge in [-0.15, -0.1) is 0 Å². The Hall–Kier alpha value is -0.620. The normalized spacial score (nSPS) is 12.2. The molecule has 1 aromatic rings. The first-order valence-corrected chi connectivity index (χ1v) is 7.20. The first kappa shape index (κ1) is 15.4. The molecule has 0 spiro atoms. The van der Waals surface area contributed by atoms with Crippen molar-refractivity contribution >= 4 is 28.5 Å². The Morgan fingerprint density at radius 2 is 2.17 bits per heavy atom. The molecule has 0 aliphatic rings. The van der Waals surface area contributed by atoms with Crippen LogP contribution in [0, 0.1) is 3.57 Å². The maximum absolute atomic E-state index is 11.1. The van der Waals surface area contributed by atoms with Gasteiger partial charge in [-0.25, -0.2) is 0 Å². The third-order valence-electron chi connectivity index (χ3n) is 2.84. The summed E-state index contributed by atoms with van der Waals surface area (Å²) in [6, 6.07) is 8.33. The van der Waals surface area contributed by atoms with Gasteiger partial charge in [0.25, 0.3) is 0 Å². The third kappa shape index (κ3) is 5.35. The summed E-state index contributed by atoms with van der Waals surface area (Å²) in [6.07, 6.45) is 2.03. The number of methoxy groups -OCH3 is 1. The molecule has 1 aromatic carbocycles. The van der Waals surface area contributed by atoms with E-state index in [0.29, 0.717) is 12.5 Å². The fourth-order valence-electron chi connectivity index (χ4n) is 1.91. The van der Waals surface area contributed by atoms with Crippen LogP contribution >= 0.6 is 22.6 Å². The quantitative estimate of drug-likeness (QED) is 0.599. The minimum absolute atomic E-state index is 0.0256. The molecular formula is C14H20INO2. The number of rotatable bonds is 7. The van der Waals surface area contributed by atoms with Gasteiger partial charge >= 0.3 is 0 Å².